The number of carbonyl (C=O) groups is 1. The predicted molar refractivity (Wildman–Crippen MR) is 71.4 cm³/mol. The first-order valence-electron chi connectivity index (χ1n) is 6.24. The molecule has 0 saturated carbocycles. The molecule has 10 heteroatoms. The van der Waals surface area contributed by atoms with Crippen molar-refractivity contribution in [3.63, 3.8) is 0 Å². The summed E-state index contributed by atoms with van der Waals surface area (Å²) < 4.78 is 42.0. The number of nitrogens with zero attached hydrogens (tertiary/aromatic N) is 2. The van der Waals surface area contributed by atoms with Crippen molar-refractivity contribution >= 4 is 17.6 Å². The van der Waals surface area contributed by atoms with Gasteiger partial charge in [0.25, 0.3) is 5.56 Å². The Kier molecular flexibility index (Phi) is 5.81. The zero-order valence-corrected chi connectivity index (χ0v) is 12.5. The molecule has 0 spiro atoms. The van der Waals surface area contributed by atoms with Crippen LogP contribution in [0.25, 0.3) is 0 Å². The van der Waals surface area contributed by atoms with Gasteiger partial charge < -0.3 is 9.84 Å². The molecule has 0 aliphatic heterocycles. The van der Waals surface area contributed by atoms with Crippen LogP contribution in [0.1, 0.15) is 31.9 Å². The highest BCUT2D eigenvalue weighted by Gasteiger charge is 2.28. The van der Waals surface area contributed by atoms with Crippen molar-refractivity contribution in [1.29, 1.82) is 0 Å². The minimum atomic E-state index is -4.41. The lowest BCUT2D eigenvalue weighted by Crippen LogP contribution is -2.29. The molecule has 1 heterocycles. The van der Waals surface area contributed by atoms with Crippen molar-refractivity contribution in [2.75, 3.05) is 6.61 Å². The number of hydrogen-bond acceptors (Lipinski definition) is 4. The number of aromatic nitrogens is 2. The fraction of sp³-hybridized carbons (Fsp3) is 0.583. The van der Waals surface area contributed by atoms with E-state index in [1.54, 1.807) is 13.8 Å². The minimum Gasteiger partial charge on any atom is -0.489 e. The number of aliphatic carboxylic acids is 1. The molecule has 6 nitrogen and oxygen atoms in total. The van der Waals surface area contributed by atoms with E-state index in [9.17, 15) is 22.8 Å². The van der Waals surface area contributed by atoms with Crippen LogP contribution in [0.5, 0.6) is 5.75 Å². The standard InChI is InChI=1S/C12H14ClF3N2O4/c1-6(2)9-10(22-4-3-12(14,15)16)8(13)11(21)18(17-9)5-7(19)20/h6H,3-5H2,1-2H3,(H,19,20). The van der Waals surface area contributed by atoms with Crippen molar-refractivity contribution in [2.24, 2.45) is 0 Å². The van der Waals surface area contributed by atoms with E-state index >= 15 is 0 Å². The highest BCUT2D eigenvalue weighted by Crippen LogP contribution is 2.30. The van der Waals surface area contributed by atoms with Crippen LogP contribution < -0.4 is 10.3 Å². The molecule has 0 radical (unpaired) electrons. The average Bonchev–Trinajstić information content (AvgIpc) is 2.35. The first kappa shape index (κ1) is 18.3. The SMILES string of the molecule is CC(C)c1nn(CC(=O)O)c(=O)c(Cl)c1OCCC(F)(F)F. The topological polar surface area (TPSA) is 81.4 Å². The van der Waals surface area contributed by atoms with Gasteiger partial charge in [0.05, 0.1) is 13.0 Å². The van der Waals surface area contributed by atoms with Gasteiger partial charge in [0.2, 0.25) is 0 Å². The third kappa shape index (κ3) is 4.90. The fourth-order valence-corrected chi connectivity index (χ4v) is 1.81. The predicted octanol–water partition coefficient (Wildman–Crippen LogP) is 2.44. The molecule has 0 aromatic carbocycles. The molecule has 0 saturated heterocycles. The van der Waals surface area contributed by atoms with E-state index < -0.39 is 42.3 Å². The molecular weight excluding hydrogens is 329 g/mol. The molecule has 1 N–H and O–H groups in total. The summed E-state index contributed by atoms with van der Waals surface area (Å²) in [5.74, 6) is -1.88. The van der Waals surface area contributed by atoms with Crippen molar-refractivity contribution < 1.29 is 27.8 Å². The molecule has 1 rings (SSSR count). The number of carboxylic acids is 1. The average molecular weight is 343 g/mol. The van der Waals surface area contributed by atoms with E-state index in [2.05, 4.69) is 5.10 Å². The Morgan fingerprint density at radius 3 is 2.50 bits per heavy atom. The summed E-state index contributed by atoms with van der Waals surface area (Å²) in [5.41, 5.74) is -0.816. The third-order valence-corrected chi connectivity index (χ3v) is 2.88. The van der Waals surface area contributed by atoms with Crippen LogP contribution in [-0.2, 0) is 11.3 Å². The molecule has 0 bridgehead atoms. The van der Waals surface area contributed by atoms with Crippen molar-refractivity contribution in [2.45, 2.75) is 38.9 Å². The number of halogens is 4. The number of ether oxygens (including phenoxy) is 1. The van der Waals surface area contributed by atoms with Crippen LogP contribution in [-0.4, -0.2) is 33.6 Å². The number of hydrogen-bond donors (Lipinski definition) is 1. The highest BCUT2D eigenvalue weighted by molar-refractivity contribution is 6.31. The van der Waals surface area contributed by atoms with Crippen LogP contribution in [0.4, 0.5) is 13.2 Å². The van der Waals surface area contributed by atoms with Crippen molar-refractivity contribution in [3.8, 4) is 5.75 Å². The van der Waals surface area contributed by atoms with Gasteiger partial charge in [0.1, 0.15) is 12.2 Å². The molecule has 124 valence electrons. The molecule has 0 aliphatic carbocycles. The van der Waals surface area contributed by atoms with Crippen molar-refractivity contribution in [1.82, 2.24) is 9.78 Å². The quantitative estimate of drug-likeness (QED) is 0.858. The smallest absolute Gasteiger partial charge is 0.392 e. The van der Waals surface area contributed by atoms with Crippen LogP contribution in [0.2, 0.25) is 5.02 Å². The van der Waals surface area contributed by atoms with E-state index in [1.165, 1.54) is 0 Å². The van der Waals surface area contributed by atoms with Gasteiger partial charge in [0, 0.05) is 5.92 Å². The van der Waals surface area contributed by atoms with Crippen LogP contribution in [0, 0.1) is 0 Å². The summed E-state index contributed by atoms with van der Waals surface area (Å²) in [6, 6.07) is 0. The second-order valence-electron chi connectivity index (χ2n) is 4.75. The second kappa shape index (κ2) is 6.99. The Balaban J connectivity index is 3.18. The van der Waals surface area contributed by atoms with E-state index in [4.69, 9.17) is 21.4 Å². The Morgan fingerprint density at radius 2 is 2.05 bits per heavy atom. The summed E-state index contributed by atoms with van der Waals surface area (Å²) >= 11 is 5.81. The summed E-state index contributed by atoms with van der Waals surface area (Å²) in [5, 5.41) is 12.0. The summed E-state index contributed by atoms with van der Waals surface area (Å²) in [6.45, 7) is 1.89. The van der Waals surface area contributed by atoms with Gasteiger partial charge in [-0.25, -0.2) is 4.68 Å². The van der Waals surface area contributed by atoms with Gasteiger partial charge >= 0.3 is 12.1 Å². The monoisotopic (exact) mass is 342 g/mol. The molecule has 0 amide bonds. The van der Waals surface area contributed by atoms with E-state index in [0.29, 0.717) is 4.68 Å². The molecule has 0 aliphatic rings. The normalized spacial score (nSPS) is 11.8. The Morgan fingerprint density at radius 1 is 1.45 bits per heavy atom. The molecule has 1 aromatic rings. The minimum absolute atomic E-state index is 0.119. The molecule has 1 aromatic heterocycles. The summed E-state index contributed by atoms with van der Waals surface area (Å²) in [7, 11) is 0. The van der Waals surface area contributed by atoms with Crippen LogP contribution in [0.15, 0.2) is 4.79 Å². The van der Waals surface area contributed by atoms with Gasteiger partial charge in [-0.05, 0) is 0 Å². The maximum Gasteiger partial charge on any atom is 0.392 e. The summed E-state index contributed by atoms with van der Waals surface area (Å²) in [4.78, 5) is 22.5. The number of carboxylic acid groups (broad SMARTS) is 1. The lowest BCUT2D eigenvalue weighted by atomic mass is 10.1. The lowest BCUT2D eigenvalue weighted by molar-refractivity contribution is -0.140. The number of rotatable bonds is 6. The van der Waals surface area contributed by atoms with E-state index in [0.717, 1.165) is 0 Å². The van der Waals surface area contributed by atoms with Gasteiger partial charge in [-0.3, -0.25) is 9.59 Å². The Bertz CT molecular complexity index is 614. The second-order valence-corrected chi connectivity index (χ2v) is 5.13. The lowest BCUT2D eigenvalue weighted by Gasteiger charge is -2.16. The largest absolute Gasteiger partial charge is 0.489 e. The number of alkyl halides is 3. The third-order valence-electron chi connectivity index (χ3n) is 2.55. The zero-order chi connectivity index (χ0) is 17.1. The van der Waals surface area contributed by atoms with E-state index in [-0.39, 0.29) is 17.4 Å². The molecule has 0 atom stereocenters. The summed E-state index contributed by atoms with van der Waals surface area (Å²) in [6.07, 6.45) is -5.62. The maximum atomic E-state index is 12.1. The molecular formula is C12H14ClF3N2O4. The Labute approximate surface area is 128 Å². The Hall–Kier alpha value is -1.77. The van der Waals surface area contributed by atoms with Gasteiger partial charge in [-0.1, -0.05) is 25.4 Å². The van der Waals surface area contributed by atoms with Gasteiger partial charge in [-0.15, -0.1) is 0 Å². The van der Waals surface area contributed by atoms with Gasteiger partial charge in [0.15, 0.2) is 10.8 Å². The zero-order valence-electron chi connectivity index (χ0n) is 11.8. The molecule has 0 fully saturated rings. The fourth-order valence-electron chi connectivity index (χ4n) is 1.56. The molecule has 0 unspecified atom stereocenters. The first-order chi connectivity index (χ1) is 10.0. The van der Waals surface area contributed by atoms with Crippen LogP contribution in [0.3, 0.4) is 0 Å². The van der Waals surface area contributed by atoms with Crippen molar-refractivity contribution in [3.05, 3.63) is 21.1 Å². The van der Waals surface area contributed by atoms with E-state index in [1.807, 2.05) is 0 Å². The van der Waals surface area contributed by atoms with Gasteiger partial charge in [-0.2, -0.15) is 18.3 Å². The highest BCUT2D eigenvalue weighted by atomic mass is 35.5. The van der Waals surface area contributed by atoms with Crippen LogP contribution >= 0.6 is 11.6 Å². The molecule has 22 heavy (non-hydrogen) atoms. The maximum absolute atomic E-state index is 12.1. The first-order valence-corrected chi connectivity index (χ1v) is 6.62.